The SMILES string of the molecule is CCn1ncnc1CS(=O)c1ccc(N)cc1Br. The van der Waals surface area contributed by atoms with Crippen LogP contribution in [-0.4, -0.2) is 19.0 Å². The molecule has 7 heteroatoms. The smallest absolute Gasteiger partial charge is 0.139 e. The Kier molecular flexibility index (Phi) is 4.13. The topological polar surface area (TPSA) is 73.8 Å². The van der Waals surface area contributed by atoms with Gasteiger partial charge >= 0.3 is 0 Å². The zero-order valence-corrected chi connectivity index (χ0v) is 12.2. The largest absolute Gasteiger partial charge is 0.399 e. The lowest BCUT2D eigenvalue weighted by Crippen LogP contribution is -2.07. The third-order valence-corrected chi connectivity index (χ3v) is 4.74. The van der Waals surface area contributed by atoms with Crippen molar-refractivity contribution >= 4 is 32.4 Å². The predicted octanol–water partition coefficient (Wildman–Crippen LogP) is 1.95. The average Bonchev–Trinajstić information content (AvgIpc) is 2.76. The van der Waals surface area contributed by atoms with Crippen LogP contribution >= 0.6 is 15.9 Å². The lowest BCUT2D eigenvalue weighted by atomic mass is 10.3. The van der Waals surface area contributed by atoms with Gasteiger partial charge in [-0.3, -0.25) is 4.21 Å². The van der Waals surface area contributed by atoms with Crippen molar-refractivity contribution in [3.05, 3.63) is 34.8 Å². The Balaban J connectivity index is 2.22. The van der Waals surface area contributed by atoms with E-state index in [9.17, 15) is 4.21 Å². The minimum absolute atomic E-state index is 0.344. The number of anilines is 1. The molecule has 1 atom stereocenters. The van der Waals surface area contributed by atoms with Crippen molar-refractivity contribution in [1.82, 2.24) is 14.8 Å². The summed E-state index contributed by atoms with van der Waals surface area (Å²) in [6.45, 7) is 2.69. The highest BCUT2D eigenvalue weighted by molar-refractivity contribution is 9.10. The summed E-state index contributed by atoms with van der Waals surface area (Å²) in [5.41, 5.74) is 6.29. The second kappa shape index (κ2) is 5.62. The van der Waals surface area contributed by atoms with Gasteiger partial charge in [-0.15, -0.1) is 0 Å². The van der Waals surface area contributed by atoms with E-state index in [1.54, 1.807) is 22.9 Å². The van der Waals surface area contributed by atoms with Crippen molar-refractivity contribution in [3.63, 3.8) is 0 Å². The summed E-state index contributed by atoms with van der Waals surface area (Å²) in [6, 6.07) is 5.25. The van der Waals surface area contributed by atoms with Crippen LogP contribution in [0.5, 0.6) is 0 Å². The van der Waals surface area contributed by atoms with Crippen molar-refractivity contribution in [2.24, 2.45) is 0 Å². The summed E-state index contributed by atoms with van der Waals surface area (Å²) >= 11 is 3.37. The molecule has 0 radical (unpaired) electrons. The Morgan fingerprint density at radius 1 is 1.50 bits per heavy atom. The maximum absolute atomic E-state index is 12.3. The van der Waals surface area contributed by atoms with Gasteiger partial charge in [0.25, 0.3) is 0 Å². The van der Waals surface area contributed by atoms with Gasteiger partial charge in [0.15, 0.2) is 0 Å². The maximum Gasteiger partial charge on any atom is 0.139 e. The van der Waals surface area contributed by atoms with Crippen LogP contribution in [0.3, 0.4) is 0 Å². The van der Waals surface area contributed by atoms with Crippen LogP contribution in [0.25, 0.3) is 0 Å². The summed E-state index contributed by atoms with van der Waals surface area (Å²) in [5.74, 6) is 1.07. The summed E-state index contributed by atoms with van der Waals surface area (Å²) in [4.78, 5) is 4.84. The molecule has 0 saturated heterocycles. The van der Waals surface area contributed by atoms with Crippen LogP contribution in [0.4, 0.5) is 5.69 Å². The van der Waals surface area contributed by atoms with E-state index in [4.69, 9.17) is 5.73 Å². The Morgan fingerprint density at radius 2 is 2.28 bits per heavy atom. The molecule has 1 heterocycles. The van der Waals surface area contributed by atoms with Crippen molar-refractivity contribution in [1.29, 1.82) is 0 Å². The number of nitrogen functional groups attached to an aromatic ring is 1. The van der Waals surface area contributed by atoms with Crippen LogP contribution in [-0.2, 0) is 23.1 Å². The van der Waals surface area contributed by atoms with Gasteiger partial charge in [0.05, 0.1) is 21.4 Å². The zero-order chi connectivity index (χ0) is 13.1. The van der Waals surface area contributed by atoms with E-state index in [1.165, 1.54) is 6.33 Å². The van der Waals surface area contributed by atoms with Gasteiger partial charge in [-0.05, 0) is 41.1 Å². The van der Waals surface area contributed by atoms with Crippen molar-refractivity contribution in [2.45, 2.75) is 24.1 Å². The predicted molar refractivity (Wildman–Crippen MR) is 74.4 cm³/mol. The Morgan fingerprint density at radius 3 is 2.94 bits per heavy atom. The van der Waals surface area contributed by atoms with E-state index in [-0.39, 0.29) is 0 Å². The van der Waals surface area contributed by atoms with Gasteiger partial charge in [-0.2, -0.15) is 5.10 Å². The number of hydrogen-bond donors (Lipinski definition) is 1. The van der Waals surface area contributed by atoms with E-state index < -0.39 is 10.8 Å². The van der Waals surface area contributed by atoms with E-state index in [0.717, 1.165) is 21.7 Å². The van der Waals surface area contributed by atoms with Gasteiger partial charge in [0, 0.05) is 16.7 Å². The number of aromatic nitrogens is 3. The number of aryl methyl sites for hydroxylation is 1. The van der Waals surface area contributed by atoms with Crippen LogP contribution in [0.15, 0.2) is 33.9 Å². The van der Waals surface area contributed by atoms with Crippen molar-refractivity contribution in [2.75, 3.05) is 5.73 Å². The van der Waals surface area contributed by atoms with Crippen molar-refractivity contribution < 1.29 is 4.21 Å². The molecule has 5 nitrogen and oxygen atoms in total. The first-order valence-corrected chi connectivity index (χ1v) is 7.53. The fourth-order valence-electron chi connectivity index (χ4n) is 1.56. The molecule has 18 heavy (non-hydrogen) atoms. The fourth-order valence-corrected chi connectivity index (χ4v) is 3.61. The highest BCUT2D eigenvalue weighted by Crippen LogP contribution is 2.24. The highest BCUT2D eigenvalue weighted by Gasteiger charge is 2.13. The lowest BCUT2D eigenvalue weighted by molar-refractivity contribution is 0.627. The Labute approximate surface area is 116 Å². The van der Waals surface area contributed by atoms with Crippen LogP contribution in [0, 0.1) is 0 Å². The minimum atomic E-state index is -1.17. The summed E-state index contributed by atoms with van der Waals surface area (Å²) in [7, 11) is -1.17. The van der Waals surface area contributed by atoms with Gasteiger partial charge < -0.3 is 5.73 Å². The Hall–Kier alpha value is -1.21. The van der Waals surface area contributed by atoms with Gasteiger partial charge in [0.2, 0.25) is 0 Å². The molecule has 0 fully saturated rings. The molecule has 96 valence electrons. The molecule has 2 rings (SSSR count). The molecule has 2 N–H and O–H groups in total. The average molecular weight is 329 g/mol. The van der Waals surface area contributed by atoms with E-state index in [1.807, 2.05) is 6.92 Å². The second-order valence-corrected chi connectivity index (χ2v) is 5.95. The molecule has 0 bridgehead atoms. The van der Waals surface area contributed by atoms with E-state index in [2.05, 4.69) is 26.0 Å². The normalized spacial score (nSPS) is 12.6. The highest BCUT2D eigenvalue weighted by atomic mass is 79.9. The molecular formula is C11H13BrN4OS. The minimum Gasteiger partial charge on any atom is -0.399 e. The summed E-state index contributed by atoms with van der Waals surface area (Å²) in [5, 5.41) is 4.06. The second-order valence-electron chi connectivity index (χ2n) is 3.67. The number of benzene rings is 1. The number of hydrogen-bond acceptors (Lipinski definition) is 4. The molecule has 1 unspecified atom stereocenters. The lowest BCUT2D eigenvalue weighted by Gasteiger charge is -2.06. The quantitative estimate of drug-likeness (QED) is 0.870. The van der Waals surface area contributed by atoms with E-state index in [0.29, 0.717) is 11.4 Å². The monoisotopic (exact) mass is 328 g/mol. The van der Waals surface area contributed by atoms with Crippen LogP contribution in [0.1, 0.15) is 12.7 Å². The van der Waals surface area contributed by atoms with Crippen molar-refractivity contribution in [3.8, 4) is 0 Å². The molecular weight excluding hydrogens is 316 g/mol. The third kappa shape index (κ3) is 2.78. The van der Waals surface area contributed by atoms with Gasteiger partial charge in [-0.25, -0.2) is 9.67 Å². The molecule has 0 spiro atoms. The first-order valence-electron chi connectivity index (χ1n) is 5.42. The summed E-state index contributed by atoms with van der Waals surface area (Å²) < 4.78 is 14.8. The van der Waals surface area contributed by atoms with Crippen LogP contribution in [0.2, 0.25) is 0 Å². The first-order chi connectivity index (χ1) is 8.61. The maximum atomic E-state index is 12.3. The molecule has 0 amide bonds. The number of nitrogens with two attached hydrogens (primary N) is 1. The standard InChI is InChI=1S/C11H13BrN4OS/c1-2-16-11(14-7-15-16)6-18(17)10-4-3-8(13)5-9(10)12/h3-5,7H,2,6,13H2,1H3. The molecule has 1 aromatic carbocycles. The fraction of sp³-hybridized carbons (Fsp3) is 0.273. The molecule has 0 aliphatic rings. The number of halogens is 1. The summed E-state index contributed by atoms with van der Waals surface area (Å²) in [6.07, 6.45) is 1.48. The number of nitrogens with zero attached hydrogens (tertiary/aromatic N) is 3. The van der Waals surface area contributed by atoms with E-state index >= 15 is 0 Å². The van der Waals surface area contributed by atoms with Gasteiger partial charge in [0.1, 0.15) is 12.2 Å². The third-order valence-electron chi connectivity index (χ3n) is 2.46. The Bertz CT molecular complexity index is 584. The number of rotatable bonds is 4. The molecule has 0 aliphatic heterocycles. The van der Waals surface area contributed by atoms with Crippen LogP contribution < -0.4 is 5.73 Å². The molecule has 2 aromatic rings. The molecule has 0 saturated carbocycles. The molecule has 1 aromatic heterocycles. The zero-order valence-electron chi connectivity index (χ0n) is 9.84. The molecule has 0 aliphatic carbocycles. The first kappa shape index (κ1) is 13.2. The van der Waals surface area contributed by atoms with Gasteiger partial charge in [-0.1, -0.05) is 0 Å².